The molecule has 0 aliphatic heterocycles. The van der Waals surface area contributed by atoms with E-state index >= 15 is 0 Å². The number of carbonyl (C=O) groups excluding carboxylic acids is 2. The lowest BCUT2D eigenvalue weighted by atomic mass is 10.1. The molecule has 21 heavy (non-hydrogen) atoms. The van der Waals surface area contributed by atoms with Crippen molar-refractivity contribution in [2.24, 2.45) is 0 Å². The van der Waals surface area contributed by atoms with Gasteiger partial charge in [0.2, 0.25) is 5.91 Å². The van der Waals surface area contributed by atoms with Crippen LogP contribution < -0.4 is 10.6 Å². The zero-order valence-corrected chi connectivity index (χ0v) is 12.2. The van der Waals surface area contributed by atoms with Gasteiger partial charge >= 0.3 is 5.97 Å². The number of aromatic carboxylic acids is 1. The lowest BCUT2D eigenvalue weighted by Gasteiger charge is -2.11. The van der Waals surface area contributed by atoms with Crippen molar-refractivity contribution in [3.05, 3.63) is 35.4 Å². The van der Waals surface area contributed by atoms with Crippen LogP contribution in [0.2, 0.25) is 0 Å². The number of hydrogen-bond donors (Lipinski definition) is 3. The number of carboxylic acids is 1. The van der Waals surface area contributed by atoms with Crippen molar-refractivity contribution in [3.8, 4) is 0 Å². The van der Waals surface area contributed by atoms with Gasteiger partial charge in [0.05, 0.1) is 5.56 Å². The summed E-state index contributed by atoms with van der Waals surface area (Å²) in [5.74, 6) is -1.60. The Morgan fingerprint density at radius 3 is 2.52 bits per heavy atom. The Labute approximate surface area is 123 Å². The average Bonchev–Trinajstić information content (AvgIpc) is 2.46. The van der Waals surface area contributed by atoms with Crippen LogP contribution in [0, 0.1) is 0 Å². The Kier molecular flexibility index (Phi) is 6.39. The van der Waals surface area contributed by atoms with Crippen molar-refractivity contribution in [1.29, 1.82) is 0 Å². The highest BCUT2D eigenvalue weighted by Crippen LogP contribution is 2.05. The van der Waals surface area contributed by atoms with Crippen LogP contribution in [0.15, 0.2) is 24.3 Å². The summed E-state index contributed by atoms with van der Waals surface area (Å²) in [7, 11) is 0. The van der Waals surface area contributed by atoms with Gasteiger partial charge in [0.25, 0.3) is 5.91 Å². The zero-order valence-electron chi connectivity index (χ0n) is 12.2. The van der Waals surface area contributed by atoms with Crippen LogP contribution in [0.4, 0.5) is 0 Å². The predicted molar refractivity (Wildman–Crippen MR) is 78.2 cm³/mol. The van der Waals surface area contributed by atoms with E-state index in [0.717, 1.165) is 6.42 Å². The van der Waals surface area contributed by atoms with Gasteiger partial charge in [-0.3, -0.25) is 9.59 Å². The van der Waals surface area contributed by atoms with Crippen molar-refractivity contribution in [1.82, 2.24) is 10.6 Å². The molecule has 0 saturated carbocycles. The monoisotopic (exact) mass is 292 g/mol. The second-order valence-electron chi connectivity index (χ2n) is 4.77. The fraction of sp³-hybridized carbons (Fsp3) is 0.400. The Balaban J connectivity index is 2.45. The van der Waals surface area contributed by atoms with Gasteiger partial charge in [-0.1, -0.05) is 13.0 Å². The molecule has 0 saturated heterocycles. The van der Waals surface area contributed by atoms with Crippen molar-refractivity contribution in [3.63, 3.8) is 0 Å². The van der Waals surface area contributed by atoms with E-state index in [2.05, 4.69) is 10.6 Å². The van der Waals surface area contributed by atoms with Crippen LogP contribution in [-0.4, -0.2) is 35.5 Å². The summed E-state index contributed by atoms with van der Waals surface area (Å²) in [6.45, 7) is 4.09. The molecular weight excluding hydrogens is 272 g/mol. The van der Waals surface area contributed by atoms with Crippen LogP contribution in [-0.2, 0) is 4.79 Å². The average molecular weight is 292 g/mol. The third kappa shape index (κ3) is 5.64. The van der Waals surface area contributed by atoms with Crippen molar-refractivity contribution in [2.75, 3.05) is 6.54 Å². The smallest absolute Gasteiger partial charge is 0.335 e. The van der Waals surface area contributed by atoms with Crippen LogP contribution >= 0.6 is 0 Å². The highest BCUT2D eigenvalue weighted by molar-refractivity contribution is 5.97. The van der Waals surface area contributed by atoms with E-state index in [4.69, 9.17) is 5.11 Å². The highest BCUT2D eigenvalue weighted by Gasteiger charge is 2.10. The summed E-state index contributed by atoms with van der Waals surface area (Å²) in [5.41, 5.74) is 0.314. The van der Waals surface area contributed by atoms with E-state index in [-0.39, 0.29) is 36.0 Å². The summed E-state index contributed by atoms with van der Waals surface area (Å²) < 4.78 is 0. The number of carboxylic acid groups (broad SMARTS) is 1. The number of carbonyl (C=O) groups is 3. The number of benzene rings is 1. The third-order valence-electron chi connectivity index (χ3n) is 3.03. The largest absolute Gasteiger partial charge is 0.478 e. The van der Waals surface area contributed by atoms with Gasteiger partial charge in [-0.05, 0) is 31.5 Å². The Hall–Kier alpha value is -2.37. The fourth-order valence-corrected chi connectivity index (χ4v) is 1.63. The maximum Gasteiger partial charge on any atom is 0.335 e. The molecule has 1 rings (SSSR count). The van der Waals surface area contributed by atoms with E-state index in [0.29, 0.717) is 0 Å². The van der Waals surface area contributed by atoms with Crippen molar-refractivity contribution in [2.45, 2.75) is 32.7 Å². The number of rotatable bonds is 7. The zero-order chi connectivity index (χ0) is 15.8. The molecule has 0 bridgehead atoms. The van der Waals surface area contributed by atoms with Gasteiger partial charge in [0.1, 0.15) is 0 Å². The molecule has 0 heterocycles. The molecule has 6 nitrogen and oxygen atoms in total. The molecule has 0 fully saturated rings. The van der Waals surface area contributed by atoms with Crippen LogP contribution in [0.1, 0.15) is 47.4 Å². The number of hydrogen-bond acceptors (Lipinski definition) is 3. The normalized spacial score (nSPS) is 11.5. The first-order valence-electron chi connectivity index (χ1n) is 6.85. The van der Waals surface area contributed by atoms with E-state index < -0.39 is 11.9 Å². The van der Waals surface area contributed by atoms with E-state index in [1.165, 1.54) is 24.3 Å². The molecule has 0 radical (unpaired) electrons. The summed E-state index contributed by atoms with van der Waals surface area (Å²) in [5, 5.41) is 14.3. The van der Waals surface area contributed by atoms with E-state index in [1.807, 2.05) is 13.8 Å². The van der Waals surface area contributed by atoms with Gasteiger partial charge < -0.3 is 15.7 Å². The third-order valence-corrected chi connectivity index (χ3v) is 3.03. The van der Waals surface area contributed by atoms with Crippen LogP contribution in [0.3, 0.4) is 0 Å². The summed E-state index contributed by atoms with van der Waals surface area (Å²) in [6, 6.07) is 5.87. The molecular formula is C15H20N2O4. The molecule has 3 N–H and O–H groups in total. The minimum atomic E-state index is -1.09. The molecule has 2 amide bonds. The lowest BCUT2D eigenvalue weighted by molar-refractivity contribution is -0.121. The van der Waals surface area contributed by atoms with Crippen molar-refractivity contribution >= 4 is 17.8 Å². The first-order chi connectivity index (χ1) is 9.93. The van der Waals surface area contributed by atoms with Gasteiger partial charge in [-0.15, -0.1) is 0 Å². The van der Waals surface area contributed by atoms with Gasteiger partial charge in [0.15, 0.2) is 0 Å². The maximum atomic E-state index is 11.8. The Morgan fingerprint density at radius 2 is 1.90 bits per heavy atom. The van der Waals surface area contributed by atoms with Crippen LogP contribution in [0.25, 0.3) is 0 Å². The lowest BCUT2D eigenvalue weighted by Crippen LogP contribution is -2.35. The second-order valence-corrected chi connectivity index (χ2v) is 4.77. The molecule has 1 aromatic rings. The summed E-state index contributed by atoms with van der Waals surface area (Å²) in [6.07, 6.45) is 1.04. The quantitative estimate of drug-likeness (QED) is 0.708. The van der Waals surface area contributed by atoms with Crippen LogP contribution in [0.5, 0.6) is 0 Å². The number of nitrogens with one attached hydrogen (secondary N) is 2. The molecule has 1 atom stereocenters. The Bertz CT molecular complexity index is 528. The van der Waals surface area contributed by atoms with Gasteiger partial charge in [-0.2, -0.15) is 0 Å². The van der Waals surface area contributed by atoms with Gasteiger partial charge in [0, 0.05) is 24.6 Å². The number of amides is 2. The highest BCUT2D eigenvalue weighted by atomic mass is 16.4. The second kappa shape index (κ2) is 8.04. The summed E-state index contributed by atoms with van der Waals surface area (Å²) >= 11 is 0. The Morgan fingerprint density at radius 1 is 1.24 bits per heavy atom. The maximum absolute atomic E-state index is 11.8. The summed E-state index contributed by atoms with van der Waals surface area (Å²) in [4.78, 5) is 34.2. The topological polar surface area (TPSA) is 95.5 Å². The molecule has 0 aromatic heterocycles. The first-order valence-corrected chi connectivity index (χ1v) is 6.85. The predicted octanol–water partition coefficient (Wildman–Crippen LogP) is 1.42. The molecule has 0 aliphatic rings. The minimum absolute atomic E-state index is 0.0529. The molecule has 114 valence electrons. The van der Waals surface area contributed by atoms with E-state index in [1.54, 1.807) is 0 Å². The molecule has 0 spiro atoms. The molecule has 6 heteroatoms. The minimum Gasteiger partial charge on any atom is -0.478 e. The van der Waals surface area contributed by atoms with Gasteiger partial charge in [-0.25, -0.2) is 4.79 Å². The van der Waals surface area contributed by atoms with Crippen molar-refractivity contribution < 1.29 is 19.5 Å². The first kappa shape index (κ1) is 16.7. The molecule has 1 aromatic carbocycles. The molecule has 1 unspecified atom stereocenters. The SMILES string of the molecule is CCC(C)NC(=O)CCNC(=O)c1cccc(C(=O)O)c1. The standard InChI is InChI=1S/C15H20N2O4/c1-3-10(2)17-13(18)7-8-16-14(19)11-5-4-6-12(9-11)15(20)21/h4-6,9-10H,3,7-8H2,1-2H3,(H,16,19)(H,17,18)(H,20,21). The fourth-order valence-electron chi connectivity index (χ4n) is 1.63. The van der Waals surface area contributed by atoms with E-state index in [9.17, 15) is 14.4 Å². The molecule has 0 aliphatic carbocycles.